The summed E-state index contributed by atoms with van der Waals surface area (Å²) >= 11 is 0. The van der Waals surface area contributed by atoms with Crippen molar-refractivity contribution < 1.29 is 23.7 Å². The molecular weight excluding hydrogens is 322 g/mol. The van der Waals surface area contributed by atoms with E-state index < -0.39 is 6.10 Å². The van der Waals surface area contributed by atoms with Crippen molar-refractivity contribution in [2.75, 3.05) is 20.3 Å². The lowest BCUT2D eigenvalue weighted by atomic mass is 10.2. The lowest BCUT2D eigenvalue weighted by Gasteiger charge is -2.27. The van der Waals surface area contributed by atoms with Crippen LogP contribution in [0.2, 0.25) is 0 Å². The Morgan fingerprint density at radius 2 is 1.84 bits per heavy atom. The second kappa shape index (κ2) is 7.79. The van der Waals surface area contributed by atoms with Gasteiger partial charge in [0.15, 0.2) is 29.1 Å². The van der Waals surface area contributed by atoms with E-state index in [-0.39, 0.29) is 12.0 Å². The minimum absolute atomic E-state index is 0.228. The van der Waals surface area contributed by atoms with E-state index in [0.29, 0.717) is 30.4 Å². The van der Waals surface area contributed by atoms with Gasteiger partial charge in [-0.15, -0.1) is 0 Å². The number of amides is 1. The summed E-state index contributed by atoms with van der Waals surface area (Å²) in [5.74, 6) is 2.29. The third-order valence-electron chi connectivity index (χ3n) is 3.81. The molecule has 1 amide bonds. The van der Waals surface area contributed by atoms with Crippen molar-refractivity contribution >= 4 is 5.91 Å². The van der Waals surface area contributed by atoms with E-state index in [2.05, 4.69) is 5.32 Å². The average Bonchev–Trinajstić information content (AvgIpc) is 2.66. The monoisotopic (exact) mass is 343 g/mol. The van der Waals surface area contributed by atoms with Crippen LogP contribution < -0.4 is 24.3 Å². The van der Waals surface area contributed by atoms with Crippen molar-refractivity contribution in [1.82, 2.24) is 5.32 Å². The van der Waals surface area contributed by atoms with Crippen LogP contribution in [0.1, 0.15) is 6.92 Å². The van der Waals surface area contributed by atoms with E-state index in [4.69, 9.17) is 18.9 Å². The molecule has 0 saturated carbocycles. The standard InChI is InChI=1S/C19H21NO5/c1-13(24-17-9-5-3-7-15(17)22-2)19(21)20-11-14-12-23-16-8-4-6-10-18(16)25-14/h3-10,13-14H,11-12H2,1-2H3,(H,20,21)/t13-,14-/m1/s1. The minimum Gasteiger partial charge on any atom is -0.493 e. The van der Waals surface area contributed by atoms with Crippen molar-refractivity contribution in [3.05, 3.63) is 48.5 Å². The van der Waals surface area contributed by atoms with Crippen LogP contribution in [0, 0.1) is 0 Å². The van der Waals surface area contributed by atoms with Crippen LogP contribution in [-0.4, -0.2) is 38.4 Å². The normalized spacial score (nSPS) is 16.6. The zero-order chi connectivity index (χ0) is 17.6. The smallest absolute Gasteiger partial charge is 0.260 e. The SMILES string of the molecule is COc1ccccc1O[C@H](C)C(=O)NC[C@@H]1COc2ccccc2O1. The van der Waals surface area contributed by atoms with E-state index in [1.807, 2.05) is 36.4 Å². The van der Waals surface area contributed by atoms with Gasteiger partial charge in [-0.25, -0.2) is 0 Å². The number of hydrogen-bond donors (Lipinski definition) is 1. The van der Waals surface area contributed by atoms with Gasteiger partial charge in [0.2, 0.25) is 0 Å². The average molecular weight is 343 g/mol. The molecule has 0 radical (unpaired) electrons. The van der Waals surface area contributed by atoms with Gasteiger partial charge in [0, 0.05) is 0 Å². The molecule has 0 bridgehead atoms. The van der Waals surface area contributed by atoms with E-state index in [0.717, 1.165) is 5.75 Å². The van der Waals surface area contributed by atoms with Crippen LogP contribution in [0.25, 0.3) is 0 Å². The Bertz CT molecular complexity index is 733. The van der Waals surface area contributed by atoms with Crippen LogP contribution in [0.4, 0.5) is 0 Å². The number of rotatable bonds is 6. The maximum atomic E-state index is 12.3. The van der Waals surface area contributed by atoms with Gasteiger partial charge in [0.05, 0.1) is 13.7 Å². The molecule has 25 heavy (non-hydrogen) atoms. The molecule has 1 aliphatic heterocycles. The minimum atomic E-state index is -0.659. The van der Waals surface area contributed by atoms with E-state index >= 15 is 0 Å². The number of carbonyl (C=O) groups is 1. The third kappa shape index (κ3) is 4.15. The number of fused-ring (bicyclic) bond motifs is 1. The fraction of sp³-hybridized carbons (Fsp3) is 0.316. The molecule has 0 unspecified atom stereocenters. The van der Waals surface area contributed by atoms with E-state index in [9.17, 15) is 4.79 Å². The van der Waals surface area contributed by atoms with Crippen LogP contribution >= 0.6 is 0 Å². The highest BCUT2D eigenvalue weighted by atomic mass is 16.6. The Hall–Kier alpha value is -2.89. The summed E-state index contributed by atoms with van der Waals surface area (Å²) in [5.41, 5.74) is 0. The molecule has 132 valence electrons. The highest BCUT2D eigenvalue weighted by molar-refractivity contribution is 5.80. The molecule has 0 fully saturated rings. The first-order chi connectivity index (χ1) is 12.2. The fourth-order valence-corrected chi connectivity index (χ4v) is 2.48. The Morgan fingerprint density at radius 3 is 2.60 bits per heavy atom. The van der Waals surface area contributed by atoms with Gasteiger partial charge in [0.1, 0.15) is 12.7 Å². The Balaban J connectivity index is 1.51. The molecule has 0 saturated heterocycles. The maximum absolute atomic E-state index is 12.3. The lowest BCUT2D eigenvalue weighted by Crippen LogP contribution is -2.44. The predicted molar refractivity (Wildman–Crippen MR) is 92.4 cm³/mol. The first kappa shape index (κ1) is 17.0. The van der Waals surface area contributed by atoms with Crippen molar-refractivity contribution in [2.45, 2.75) is 19.1 Å². The molecule has 2 aromatic rings. The highest BCUT2D eigenvalue weighted by Crippen LogP contribution is 2.30. The zero-order valence-corrected chi connectivity index (χ0v) is 14.2. The number of methoxy groups -OCH3 is 1. The summed E-state index contributed by atoms with van der Waals surface area (Å²) in [7, 11) is 1.56. The number of ether oxygens (including phenoxy) is 4. The summed E-state index contributed by atoms with van der Waals surface area (Å²) in [4.78, 5) is 12.3. The van der Waals surface area contributed by atoms with E-state index in [1.54, 1.807) is 26.2 Å². The number of hydrogen-bond acceptors (Lipinski definition) is 5. The van der Waals surface area contributed by atoms with Gasteiger partial charge in [-0.1, -0.05) is 24.3 Å². The second-order valence-corrected chi connectivity index (χ2v) is 5.65. The largest absolute Gasteiger partial charge is 0.493 e. The summed E-state index contributed by atoms with van der Waals surface area (Å²) in [6, 6.07) is 14.7. The fourth-order valence-electron chi connectivity index (χ4n) is 2.48. The molecule has 6 nitrogen and oxygen atoms in total. The van der Waals surface area contributed by atoms with Crippen molar-refractivity contribution in [1.29, 1.82) is 0 Å². The molecule has 0 aromatic heterocycles. The van der Waals surface area contributed by atoms with Crippen molar-refractivity contribution in [3.8, 4) is 23.0 Å². The summed E-state index contributed by atoms with van der Waals surface area (Å²) < 4.78 is 22.4. The number of nitrogens with one attached hydrogen (secondary N) is 1. The molecule has 1 aliphatic rings. The van der Waals surface area contributed by atoms with E-state index in [1.165, 1.54) is 0 Å². The van der Waals surface area contributed by atoms with Gasteiger partial charge in [0.25, 0.3) is 5.91 Å². The van der Waals surface area contributed by atoms with Crippen LogP contribution in [-0.2, 0) is 4.79 Å². The number of carbonyl (C=O) groups excluding carboxylic acids is 1. The third-order valence-corrected chi connectivity index (χ3v) is 3.81. The summed E-state index contributed by atoms with van der Waals surface area (Å²) in [6.45, 7) is 2.42. The van der Waals surface area contributed by atoms with Gasteiger partial charge in [-0.2, -0.15) is 0 Å². The molecule has 1 N–H and O–H groups in total. The van der Waals surface area contributed by atoms with Gasteiger partial charge in [-0.3, -0.25) is 4.79 Å². The summed E-state index contributed by atoms with van der Waals surface area (Å²) in [5, 5.41) is 2.83. The first-order valence-corrected chi connectivity index (χ1v) is 8.13. The maximum Gasteiger partial charge on any atom is 0.260 e. The van der Waals surface area contributed by atoms with Crippen LogP contribution in [0.5, 0.6) is 23.0 Å². The molecule has 3 rings (SSSR count). The first-order valence-electron chi connectivity index (χ1n) is 8.13. The Morgan fingerprint density at radius 1 is 1.16 bits per heavy atom. The molecule has 2 atom stereocenters. The quantitative estimate of drug-likeness (QED) is 0.873. The van der Waals surface area contributed by atoms with Gasteiger partial charge in [-0.05, 0) is 31.2 Å². The van der Waals surface area contributed by atoms with Gasteiger partial charge >= 0.3 is 0 Å². The lowest BCUT2D eigenvalue weighted by molar-refractivity contribution is -0.127. The van der Waals surface area contributed by atoms with Crippen LogP contribution in [0.15, 0.2) is 48.5 Å². The van der Waals surface area contributed by atoms with Crippen molar-refractivity contribution in [3.63, 3.8) is 0 Å². The molecule has 2 aromatic carbocycles. The topological polar surface area (TPSA) is 66.0 Å². The Kier molecular flexibility index (Phi) is 5.28. The van der Waals surface area contributed by atoms with Crippen LogP contribution in [0.3, 0.4) is 0 Å². The molecule has 6 heteroatoms. The van der Waals surface area contributed by atoms with Crippen molar-refractivity contribution in [2.24, 2.45) is 0 Å². The molecule has 1 heterocycles. The molecule has 0 aliphatic carbocycles. The second-order valence-electron chi connectivity index (χ2n) is 5.65. The number of para-hydroxylation sites is 4. The zero-order valence-electron chi connectivity index (χ0n) is 14.2. The van der Waals surface area contributed by atoms with Gasteiger partial charge < -0.3 is 24.3 Å². The molecule has 0 spiro atoms. The number of benzene rings is 2. The Labute approximate surface area is 146 Å². The molecular formula is C19H21NO5. The predicted octanol–water partition coefficient (Wildman–Crippen LogP) is 2.42. The highest BCUT2D eigenvalue weighted by Gasteiger charge is 2.23. The summed E-state index contributed by atoms with van der Waals surface area (Å²) in [6.07, 6.45) is -0.898.